The molecule has 0 amide bonds. The number of nitrogens with zero attached hydrogens (tertiary/aromatic N) is 2. The molecule has 30 heavy (non-hydrogen) atoms. The number of sulfone groups is 1. The second kappa shape index (κ2) is 7.66. The number of aryl methyl sites for hydroxylation is 1. The van der Waals surface area contributed by atoms with Gasteiger partial charge in [0.25, 0.3) is 0 Å². The predicted octanol–water partition coefficient (Wildman–Crippen LogP) is 5.39. The van der Waals surface area contributed by atoms with E-state index in [1.165, 1.54) is 6.26 Å². The van der Waals surface area contributed by atoms with Crippen LogP contribution in [0.5, 0.6) is 0 Å². The highest BCUT2D eigenvalue weighted by atomic mass is 32.2. The first kappa shape index (κ1) is 19.7. The van der Waals surface area contributed by atoms with Crippen LogP contribution in [0.2, 0.25) is 0 Å². The van der Waals surface area contributed by atoms with E-state index >= 15 is 0 Å². The third-order valence-electron chi connectivity index (χ3n) is 5.11. The van der Waals surface area contributed by atoms with Crippen LogP contribution in [-0.2, 0) is 9.84 Å². The number of aromatic nitrogens is 1. The van der Waals surface area contributed by atoms with Crippen molar-refractivity contribution in [2.24, 2.45) is 0 Å². The first-order valence-corrected chi connectivity index (χ1v) is 11.4. The molecule has 0 bridgehead atoms. The van der Waals surface area contributed by atoms with Gasteiger partial charge in [-0.15, -0.1) is 0 Å². The van der Waals surface area contributed by atoms with Crippen LogP contribution in [0.15, 0.2) is 89.8 Å². The summed E-state index contributed by atoms with van der Waals surface area (Å²) in [5.41, 5.74) is 6.61. The van der Waals surface area contributed by atoms with Gasteiger partial charge < -0.3 is 4.57 Å². The third-order valence-corrected chi connectivity index (χ3v) is 6.22. The molecule has 1 aromatic heterocycles. The second-order valence-electron chi connectivity index (χ2n) is 7.23. The zero-order chi connectivity index (χ0) is 21.3. The van der Waals surface area contributed by atoms with Crippen molar-refractivity contribution in [1.82, 2.24) is 4.57 Å². The fourth-order valence-electron chi connectivity index (χ4n) is 3.53. The van der Waals surface area contributed by atoms with Crippen molar-refractivity contribution < 1.29 is 8.42 Å². The molecule has 1 heterocycles. The zero-order valence-electron chi connectivity index (χ0n) is 16.7. The monoisotopic (exact) mass is 412 g/mol. The minimum atomic E-state index is -3.28. The summed E-state index contributed by atoms with van der Waals surface area (Å²) in [5, 5.41) is 8.96. The molecule has 0 atom stereocenters. The van der Waals surface area contributed by atoms with Gasteiger partial charge >= 0.3 is 0 Å². The lowest BCUT2D eigenvalue weighted by molar-refractivity contribution is 0.602. The molecule has 4 rings (SSSR count). The van der Waals surface area contributed by atoms with Crippen molar-refractivity contribution in [3.05, 3.63) is 96.2 Å². The Morgan fingerprint density at radius 3 is 2.00 bits per heavy atom. The van der Waals surface area contributed by atoms with Gasteiger partial charge in [-0.2, -0.15) is 5.26 Å². The van der Waals surface area contributed by atoms with Gasteiger partial charge in [-0.3, -0.25) is 0 Å². The summed E-state index contributed by atoms with van der Waals surface area (Å²) >= 11 is 0. The molecule has 3 aromatic carbocycles. The molecule has 0 saturated carbocycles. The molecule has 0 aliphatic carbocycles. The van der Waals surface area contributed by atoms with Gasteiger partial charge in [0.15, 0.2) is 9.84 Å². The number of rotatable bonds is 4. The van der Waals surface area contributed by atoms with Crippen molar-refractivity contribution in [1.29, 1.82) is 5.26 Å². The van der Waals surface area contributed by atoms with Crippen molar-refractivity contribution in [3.63, 3.8) is 0 Å². The van der Waals surface area contributed by atoms with E-state index in [0.717, 1.165) is 33.8 Å². The molecule has 4 nitrogen and oxygen atoms in total. The van der Waals surface area contributed by atoms with E-state index in [9.17, 15) is 8.42 Å². The summed E-state index contributed by atoms with van der Waals surface area (Å²) in [5.74, 6) is 0. The number of benzene rings is 3. The maximum absolute atomic E-state index is 12.0. The molecule has 0 N–H and O–H groups in total. The molecule has 0 fully saturated rings. The average Bonchev–Trinajstić information content (AvgIpc) is 3.15. The SMILES string of the molecule is Cc1ccc(-c2ccc(-c3ccc(C#N)cc3)cc2)n1-c1cccc(S(C)(=O)=O)c1. The summed E-state index contributed by atoms with van der Waals surface area (Å²) in [6, 6.07) is 28.9. The Labute approximate surface area is 176 Å². The summed E-state index contributed by atoms with van der Waals surface area (Å²) in [6.07, 6.45) is 1.22. The average molecular weight is 413 g/mol. The smallest absolute Gasteiger partial charge is 0.175 e. The molecule has 0 radical (unpaired) electrons. The minimum absolute atomic E-state index is 0.301. The van der Waals surface area contributed by atoms with E-state index in [-0.39, 0.29) is 0 Å². The van der Waals surface area contributed by atoms with Crippen LogP contribution >= 0.6 is 0 Å². The van der Waals surface area contributed by atoms with Crippen LogP contribution in [0, 0.1) is 18.3 Å². The Bertz CT molecular complexity index is 1360. The lowest BCUT2D eigenvalue weighted by atomic mass is 10.0. The molecule has 0 spiro atoms. The van der Waals surface area contributed by atoms with Crippen LogP contribution in [-0.4, -0.2) is 19.2 Å². The van der Waals surface area contributed by atoms with Crippen LogP contribution in [0.1, 0.15) is 11.3 Å². The largest absolute Gasteiger partial charge is 0.314 e. The van der Waals surface area contributed by atoms with Gasteiger partial charge in [0.2, 0.25) is 0 Å². The normalized spacial score (nSPS) is 11.2. The van der Waals surface area contributed by atoms with Gasteiger partial charge in [-0.1, -0.05) is 42.5 Å². The minimum Gasteiger partial charge on any atom is -0.314 e. The van der Waals surface area contributed by atoms with Crippen LogP contribution in [0.25, 0.3) is 28.1 Å². The van der Waals surface area contributed by atoms with Gasteiger partial charge in [-0.05, 0) is 66.1 Å². The van der Waals surface area contributed by atoms with Crippen LogP contribution in [0.4, 0.5) is 0 Å². The zero-order valence-corrected chi connectivity index (χ0v) is 17.5. The van der Waals surface area contributed by atoms with Gasteiger partial charge in [0.05, 0.1) is 22.2 Å². The van der Waals surface area contributed by atoms with Crippen molar-refractivity contribution in [3.8, 4) is 34.1 Å². The first-order valence-electron chi connectivity index (χ1n) is 9.46. The highest BCUT2D eigenvalue weighted by Gasteiger charge is 2.13. The highest BCUT2D eigenvalue weighted by Crippen LogP contribution is 2.29. The Hall–Kier alpha value is -3.62. The molecule has 5 heteroatoms. The Balaban J connectivity index is 1.74. The first-order chi connectivity index (χ1) is 14.4. The van der Waals surface area contributed by atoms with E-state index in [1.54, 1.807) is 18.2 Å². The number of hydrogen-bond donors (Lipinski definition) is 0. The van der Waals surface area contributed by atoms with Gasteiger partial charge in [0, 0.05) is 17.6 Å². The number of nitriles is 1. The summed E-state index contributed by atoms with van der Waals surface area (Å²) in [7, 11) is -3.28. The Morgan fingerprint density at radius 2 is 1.40 bits per heavy atom. The Morgan fingerprint density at radius 1 is 0.800 bits per heavy atom. The third kappa shape index (κ3) is 3.78. The lowest BCUT2D eigenvalue weighted by Crippen LogP contribution is -2.02. The summed E-state index contributed by atoms with van der Waals surface area (Å²) in [6.45, 7) is 2.00. The van der Waals surface area contributed by atoms with E-state index in [2.05, 4.69) is 34.9 Å². The van der Waals surface area contributed by atoms with Gasteiger partial charge in [-0.25, -0.2) is 8.42 Å². The highest BCUT2D eigenvalue weighted by molar-refractivity contribution is 7.90. The van der Waals surface area contributed by atoms with Crippen LogP contribution in [0.3, 0.4) is 0 Å². The molecule has 0 aliphatic heterocycles. The fourth-order valence-corrected chi connectivity index (χ4v) is 4.19. The standard InChI is InChI=1S/C25H20N2O2S/c1-18-6-15-25(27(18)23-4-3-5-24(16-23)30(2,28)29)22-13-11-21(12-14-22)20-9-7-19(17-26)8-10-20/h3-16H,1-2H3. The summed E-state index contributed by atoms with van der Waals surface area (Å²) < 4.78 is 26.0. The predicted molar refractivity (Wildman–Crippen MR) is 119 cm³/mol. The Kier molecular flexibility index (Phi) is 5.03. The fraction of sp³-hybridized carbons (Fsp3) is 0.0800. The topological polar surface area (TPSA) is 62.9 Å². The van der Waals surface area contributed by atoms with E-state index in [0.29, 0.717) is 10.5 Å². The molecule has 0 saturated heterocycles. The molecule has 148 valence electrons. The molecular weight excluding hydrogens is 392 g/mol. The summed E-state index contributed by atoms with van der Waals surface area (Å²) in [4.78, 5) is 0.301. The van der Waals surface area contributed by atoms with Gasteiger partial charge in [0.1, 0.15) is 0 Å². The van der Waals surface area contributed by atoms with Crippen molar-refractivity contribution in [2.45, 2.75) is 11.8 Å². The number of hydrogen-bond acceptors (Lipinski definition) is 3. The quantitative estimate of drug-likeness (QED) is 0.451. The van der Waals surface area contributed by atoms with Crippen molar-refractivity contribution >= 4 is 9.84 Å². The maximum atomic E-state index is 12.0. The molecule has 0 unspecified atom stereocenters. The molecule has 4 aromatic rings. The maximum Gasteiger partial charge on any atom is 0.175 e. The molecular formula is C25H20N2O2S. The van der Waals surface area contributed by atoms with Crippen LogP contribution < -0.4 is 0 Å². The van der Waals surface area contributed by atoms with Crippen molar-refractivity contribution in [2.75, 3.05) is 6.26 Å². The van der Waals surface area contributed by atoms with E-state index in [4.69, 9.17) is 5.26 Å². The molecule has 0 aliphatic rings. The van der Waals surface area contributed by atoms with E-state index in [1.807, 2.05) is 49.4 Å². The lowest BCUT2D eigenvalue weighted by Gasteiger charge is -2.14. The second-order valence-corrected chi connectivity index (χ2v) is 9.25. The van der Waals surface area contributed by atoms with E-state index < -0.39 is 9.84 Å².